The Morgan fingerprint density at radius 2 is 1.81 bits per heavy atom. The van der Waals surface area contributed by atoms with E-state index in [0.29, 0.717) is 6.42 Å². The van der Waals surface area contributed by atoms with Gasteiger partial charge in [0.15, 0.2) is 0 Å². The van der Waals surface area contributed by atoms with E-state index in [2.05, 4.69) is 5.32 Å². The molecule has 0 saturated carbocycles. The Bertz CT molecular complexity index is 457. The first-order valence-corrected chi connectivity index (χ1v) is 5.33. The SMILES string of the molecule is CCC(=O)Nc1ccc(-n2cccc2)cc1. The third-order valence-corrected chi connectivity index (χ3v) is 2.37. The number of nitrogens with zero attached hydrogens (tertiary/aromatic N) is 1. The van der Waals surface area contributed by atoms with E-state index in [9.17, 15) is 4.79 Å². The first-order chi connectivity index (χ1) is 7.79. The molecule has 1 amide bonds. The van der Waals surface area contributed by atoms with Crippen molar-refractivity contribution in [1.29, 1.82) is 0 Å². The van der Waals surface area contributed by atoms with E-state index in [4.69, 9.17) is 0 Å². The average molecular weight is 214 g/mol. The third kappa shape index (κ3) is 2.31. The Hall–Kier alpha value is -2.03. The molecule has 16 heavy (non-hydrogen) atoms. The molecule has 2 aromatic rings. The molecule has 0 saturated heterocycles. The summed E-state index contributed by atoms with van der Waals surface area (Å²) < 4.78 is 2.02. The van der Waals surface area contributed by atoms with E-state index < -0.39 is 0 Å². The van der Waals surface area contributed by atoms with Crippen molar-refractivity contribution in [2.45, 2.75) is 13.3 Å². The summed E-state index contributed by atoms with van der Waals surface area (Å²) in [7, 11) is 0. The zero-order valence-corrected chi connectivity index (χ0v) is 9.18. The van der Waals surface area contributed by atoms with Crippen LogP contribution in [0.15, 0.2) is 48.8 Å². The molecule has 0 aliphatic heterocycles. The topological polar surface area (TPSA) is 34.0 Å². The van der Waals surface area contributed by atoms with Crippen molar-refractivity contribution >= 4 is 11.6 Å². The Labute approximate surface area is 94.7 Å². The first-order valence-electron chi connectivity index (χ1n) is 5.33. The fourth-order valence-electron chi connectivity index (χ4n) is 1.47. The van der Waals surface area contributed by atoms with Crippen LogP contribution in [0.1, 0.15) is 13.3 Å². The van der Waals surface area contributed by atoms with Crippen molar-refractivity contribution in [2.24, 2.45) is 0 Å². The minimum Gasteiger partial charge on any atom is -0.326 e. The Morgan fingerprint density at radius 1 is 1.19 bits per heavy atom. The fraction of sp³-hybridized carbons (Fsp3) is 0.154. The number of hydrogen-bond acceptors (Lipinski definition) is 1. The standard InChI is InChI=1S/C13H14N2O/c1-2-13(16)14-11-5-7-12(8-6-11)15-9-3-4-10-15/h3-10H,2H2,1H3,(H,14,16). The van der Waals surface area contributed by atoms with Crippen molar-refractivity contribution in [3.63, 3.8) is 0 Å². The molecule has 0 radical (unpaired) electrons. The molecule has 0 unspecified atom stereocenters. The zero-order chi connectivity index (χ0) is 11.4. The van der Waals surface area contributed by atoms with E-state index in [1.54, 1.807) is 0 Å². The van der Waals surface area contributed by atoms with Crippen molar-refractivity contribution < 1.29 is 4.79 Å². The van der Waals surface area contributed by atoms with E-state index >= 15 is 0 Å². The van der Waals surface area contributed by atoms with Crippen molar-refractivity contribution in [1.82, 2.24) is 4.57 Å². The van der Waals surface area contributed by atoms with E-state index in [-0.39, 0.29) is 5.91 Å². The van der Waals surface area contributed by atoms with Gasteiger partial charge in [-0.25, -0.2) is 0 Å². The summed E-state index contributed by atoms with van der Waals surface area (Å²) in [6, 6.07) is 11.7. The van der Waals surface area contributed by atoms with Crippen LogP contribution in [0.3, 0.4) is 0 Å². The van der Waals surface area contributed by atoms with Gasteiger partial charge in [0.25, 0.3) is 0 Å². The van der Waals surface area contributed by atoms with Crippen LogP contribution in [0.5, 0.6) is 0 Å². The highest BCUT2D eigenvalue weighted by atomic mass is 16.1. The van der Waals surface area contributed by atoms with Gasteiger partial charge in [0, 0.05) is 30.2 Å². The van der Waals surface area contributed by atoms with Crippen LogP contribution in [0.25, 0.3) is 5.69 Å². The summed E-state index contributed by atoms with van der Waals surface area (Å²) >= 11 is 0. The number of nitrogens with one attached hydrogen (secondary N) is 1. The quantitative estimate of drug-likeness (QED) is 0.837. The van der Waals surface area contributed by atoms with E-state index in [0.717, 1.165) is 11.4 Å². The maximum Gasteiger partial charge on any atom is 0.224 e. The predicted octanol–water partition coefficient (Wildman–Crippen LogP) is 2.83. The zero-order valence-electron chi connectivity index (χ0n) is 9.18. The van der Waals surface area contributed by atoms with Crippen LogP contribution in [0, 0.1) is 0 Å². The van der Waals surface area contributed by atoms with E-state index in [1.807, 2.05) is 60.3 Å². The highest BCUT2D eigenvalue weighted by Gasteiger charge is 1.99. The van der Waals surface area contributed by atoms with Gasteiger partial charge in [0.1, 0.15) is 0 Å². The van der Waals surface area contributed by atoms with Crippen LogP contribution in [-0.2, 0) is 4.79 Å². The maximum absolute atomic E-state index is 11.2. The number of benzene rings is 1. The molecule has 3 heteroatoms. The molecular formula is C13H14N2O. The van der Waals surface area contributed by atoms with Crippen LogP contribution in [-0.4, -0.2) is 10.5 Å². The average Bonchev–Trinajstić information content (AvgIpc) is 2.83. The molecule has 1 heterocycles. The van der Waals surface area contributed by atoms with Gasteiger partial charge in [-0.15, -0.1) is 0 Å². The van der Waals surface area contributed by atoms with Crippen LogP contribution in [0.2, 0.25) is 0 Å². The second kappa shape index (κ2) is 4.66. The van der Waals surface area contributed by atoms with Gasteiger partial charge in [-0.1, -0.05) is 6.92 Å². The molecule has 1 aromatic carbocycles. The minimum absolute atomic E-state index is 0.0358. The van der Waals surface area contributed by atoms with Gasteiger partial charge in [-0.2, -0.15) is 0 Å². The van der Waals surface area contributed by atoms with Gasteiger partial charge < -0.3 is 9.88 Å². The molecule has 0 aliphatic carbocycles. The van der Waals surface area contributed by atoms with Crippen LogP contribution in [0.4, 0.5) is 5.69 Å². The number of aromatic nitrogens is 1. The van der Waals surface area contributed by atoms with E-state index in [1.165, 1.54) is 0 Å². The molecule has 82 valence electrons. The van der Waals surface area contributed by atoms with Crippen molar-refractivity contribution in [2.75, 3.05) is 5.32 Å². The normalized spacial score (nSPS) is 10.1. The summed E-state index contributed by atoms with van der Waals surface area (Å²) in [5, 5.41) is 2.82. The van der Waals surface area contributed by atoms with Gasteiger partial charge in [0.2, 0.25) is 5.91 Å². The third-order valence-electron chi connectivity index (χ3n) is 2.37. The molecule has 0 atom stereocenters. The molecular weight excluding hydrogens is 200 g/mol. The van der Waals surface area contributed by atoms with Crippen molar-refractivity contribution in [3.05, 3.63) is 48.8 Å². The Kier molecular flexibility index (Phi) is 3.05. The highest BCUT2D eigenvalue weighted by molar-refractivity contribution is 5.90. The molecule has 0 spiro atoms. The minimum atomic E-state index is 0.0358. The molecule has 1 aromatic heterocycles. The van der Waals surface area contributed by atoms with Crippen molar-refractivity contribution in [3.8, 4) is 5.69 Å². The lowest BCUT2D eigenvalue weighted by Gasteiger charge is -2.06. The van der Waals surface area contributed by atoms with Gasteiger partial charge >= 0.3 is 0 Å². The lowest BCUT2D eigenvalue weighted by atomic mass is 10.2. The van der Waals surface area contributed by atoms with Gasteiger partial charge in [-0.05, 0) is 36.4 Å². The molecule has 2 rings (SSSR count). The predicted molar refractivity (Wildman–Crippen MR) is 64.7 cm³/mol. The molecule has 0 fully saturated rings. The summed E-state index contributed by atoms with van der Waals surface area (Å²) in [5.74, 6) is 0.0358. The number of carbonyl (C=O) groups excluding carboxylic acids is 1. The summed E-state index contributed by atoms with van der Waals surface area (Å²) in [6.45, 7) is 1.84. The second-order valence-corrected chi connectivity index (χ2v) is 3.54. The summed E-state index contributed by atoms with van der Waals surface area (Å²) in [4.78, 5) is 11.2. The fourth-order valence-corrected chi connectivity index (χ4v) is 1.47. The lowest BCUT2D eigenvalue weighted by Crippen LogP contribution is -2.09. The smallest absolute Gasteiger partial charge is 0.224 e. The molecule has 1 N–H and O–H groups in total. The van der Waals surface area contributed by atoms with Gasteiger partial charge in [-0.3, -0.25) is 4.79 Å². The van der Waals surface area contributed by atoms with Crippen LogP contribution < -0.4 is 5.32 Å². The summed E-state index contributed by atoms with van der Waals surface area (Å²) in [6.07, 6.45) is 4.47. The monoisotopic (exact) mass is 214 g/mol. The maximum atomic E-state index is 11.2. The molecule has 0 bridgehead atoms. The lowest BCUT2D eigenvalue weighted by molar-refractivity contribution is -0.115. The van der Waals surface area contributed by atoms with Gasteiger partial charge in [0.05, 0.1) is 0 Å². The second-order valence-electron chi connectivity index (χ2n) is 3.54. The first kappa shape index (κ1) is 10.5. The number of anilines is 1. The molecule has 0 aliphatic rings. The number of rotatable bonds is 3. The highest BCUT2D eigenvalue weighted by Crippen LogP contribution is 2.13. The number of hydrogen-bond donors (Lipinski definition) is 1. The Balaban J connectivity index is 2.14. The summed E-state index contributed by atoms with van der Waals surface area (Å²) in [5.41, 5.74) is 1.92. The molecule has 3 nitrogen and oxygen atoms in total. The number of carbonyl (C=O) groups is 1. The number of amides is 1. The van der Waals surface area contributed by atoms with Crippen LogP contribution >= 0.6 is 0 Å². The largest absolute Gasteiger partial charge is 0.326 e. The Morgan fingerprint density at radius 3 is 2.38 bits per heavy atom.